The average Bonchev–Trinajstić information content (AvgIpc) is 1.91. The van der Waals surface area contributed by atoms with Crippen LogP contribution in [0.4, 0.5) is 0 Å². The first-order chi connectivity index (χ1) is 6.81. The van der Waals surface area contributed by atoms with Crippen LogP contribution in [0, 0.1) is 0 Å². The fourth-order valence-electron chi connectivity index (χ4n) is 2.50. The zero-order valence-corrected chi connectivity index (χ0v) is 16.6. The lowest BCUT2D eigenvalue weighted by molar-refractivity contribution is 0.541. The number of hydrogen-bond acceptors (Lipinski definition) is 1. The highest BCUT2D eigenvalue weighted by Gasteiger charge is 2.48. The molecule has 0 heterocycles. The SMILES string of the molecule is CCC(N([Si](C)(C)C)[Si](C)(C)C)[Si](Cl)(Cl)Cl. The van der Waals surface area contributed by atoms with Crippen molar-refractivity contribution in [2.75, 3.05) is 0 Å². The third-order valence-corrected chi connectivity index (χ3v) is 14.3. The zero-order valence-electron chi connectivity index (χ0n) is 11.4. The van der Waals surface area contributed by atoms with Crippen LogP contribution in [0.15, 0.2) is 0 Å². The largest absolute Gasteiger partial charge is 0.356 e. The monoisotopic (exact) mass is 335 g/mol. The smallest absolute Gasteiger partial charge is 0.343 e. The number of nitrogens with zero attached hydrogens (tertiary/aromatic N) is 1. The molecule has 1 nitrogen and oxygen atoms in total. The lowest BCUT2D eigenvalue weighted by Gasteiger charge is -2.50. The van der Waals surface area contributed by atoms with Crippen molar-refractivity contribution in [2.24, 2.45) is 0 Å². The summed E-state index contributed by atoms with van der Waals surface area (Å²) < 4.78 is 2.62. The van der Waals surface area contributed by atoms with Crippen LogP contribution in [0.25, 0.3) is 0 Å². The van der Waals surface area contributed by atoms with E-state index < -0.39 is 22.5 Å². The first-order valence-corrected chi connectivity index (χ1v) is 17.7. The van der Waals surface area contributed by atoms with E-state index >= 15 is 0 Å². The Bertz CT molecular complexity index is 216. The maximum Gasteiger partial charge on any atom is 0.356 e. The van der Waals surface area contributed by atoms with Gasteiger partial charge >= 0.3 is 6.00 Å². The molecule has 1 atom stereocenters. The topological polar surface area (TPSA) is 3.24 Å². The fraction of sp³-hybridized carbons (Fsp3) is 1.00. The lowest BCUT2D eigenvalue weighted by Crippen LogP contribution is -2.67. The van der Waals surface area contributed by atoms with Gasteiger partial charge in [-0.3, -0.25) is 0 Å². The van der Waals surface area contributed by atoms with Gasteiger partial charge in [-0.05, 0) is 6.42 Å². The Morgan fingerprint density at radius 1 is 0.875 bits per heavy atom. The van der Waals surface area contributed by atoms with Gasteiger partial charge < -0.3 is 4.23 Å². The van der Waals surface area contributed by atoms with Gasteiger partial charge in [0.15, 0.2) is 0 Å². The Kier molecular flexibility index (Phi) is 6.15. The van der Waals surface area contributed by atoms with E-state index in [9.17, 15) is 0 Å². The summed E-state index contributed by atoms with van der Waals surface area (Å²) in [4.78, 5) is 0. The maximum absolute atomic E-state index is 6.28. The summed E-state index contributed by atoms with van der Waals surface area (Å²) in [5.41, 5.74) is 0.177. The molecule has 98 valence electrons. The molecule has 0 aliphatic rings. The van der Waals surface area contributed by atoms with Crippen molar-refractivity contribution in [1.82, 2.24) is 4.23 Å². The highest BCUT2D eigenvalue weighted by molar-refractivity contribution is 7.65. The molecule has 0 bridgehead atoms. The van der Waals surface area contributed by atoms with Crippen molar-refractivity contribution in [3.05, 3.63) is 0 Å². The lowest BCUT2D eigenvalue weighted by atomic mass is 10.5. The van der Waals surface area contributed by atoms with Gasteiger partial charge in [-0.25, -0.2) is 0 Å². The van der Waals surface area contributed by atoms with Gasteiger partial charge in [0, 0.05) is 5.67 Å². The quantitative estimate of drug-likeness (QED) is 0.508. The van der Waals surface area contributed by atoms with E-state index in [0.717, 1.165) is 6.42 Å². The molecule has 0 aromatic rings. The molecule has 0 N–H and O–H groups in total. The highest BCUT2D eigenvalue weighted by Crippen LogP contribution is 2.35. The van der Waals surface area contributed by atoms with Crippen molar-refractivity contribution in [2.45, 2.75) is 58.3 Å². The standard InChI is InChI=1S/C9H24Cl3NSi3/c1-8-9(16(10,11)12)13(14(2,3)4)15(5,6)7/h9H,8H2,1-7H3. The second-order valence-corrected chi connectivity index (χ2v) is 25.1. The predicted molar refractivity (Wildman–Crippen MR) is 85.9 cm³/mol. The van der Waals surface area contributed by atoms with E-state index in [1.165, 1.54) is 0 Å². The van der Waals surface area contributed by atoms with E-state index in [2.05, 4.69) is 50.4 Å². The van der Waals surface area contributed by atoms with Crippen LogP contribution in [0.2, 0.25) is 39.3 Å². The first kappa shape index (κ1) is 17.5. The molecule has 0 aromatic carbocycles. The number of hydrogen-bond donors (Lipinski definition) is 0. The van der Waals surface area contributed by atoms with Crippen molar-refractivity contribution >= 4 is 55.7 Å². The highest BCUT2D eigenvalue weighted by atomic mass is 35.8. The Labute approximate surface area is 118 Å². The molecule has 0 aromatic heterocycles. The molecule has 0 spiro atoms. The van der Waals surface area contributed by atoms with Crippen LogP contribution < -0.4 is 0 Å². The second-order valence-electron chi connectivity index (χ2n) is 6.18. The van der Waals surface area contributed by atoms with Crippen LogP contribution >= 0.6 is 33.2 Å². The summed E-state index contributed by atoms with van der Waals surface area (Å²) in [5, 5.41) is 0. The van der Waals surface area contributed by atoms with E-state index in [4.69, 9.17) is 33.2 Å². The second kappa shape index (κ2) is 5.63. The normalized spacial score (nSPS) is 16.7. The van der Waals surface area contributed by atoms with E-state index in [1.54, 1.807) is 0 Å². The zero-order chi connectivity index (χ0) is 13.4. The van der Waals surface area contributed by atoms with E-state index in [1.807, 2.05) is 0 Å². The molecule has 0 saturated carbocycles. The van der Waals surface area contributed by atoms with Crippen molar-refractivity contribution in [3.8, 4) is 0 Å². The number of halogens is 3. The number of rotatable bonds is 5. The van der Waals surface area contributed by atoms with Crippen LogP contribution in [0.1, 0.15) is 13.3 Å². The molecule has 16 heavy (non-hydrogen) atoms. The van der Waals surface area contributed by atoms with E-state index in [0.29, 0.717) is 0 Å². The molecule has 0 saturated heterocycles. The summed E-state index contributed by atoms with van der Waals surface area (Å²) in [6.45, 7) is 16.2. The predicted octanol–water partition coefficient (Wildman–Crippen LogP) is 4.93. The molecule has 0 amide bonds. The summed E-state index contributed by atoms with van der Waals surface area (Å²) in [6, 6.07) is -2.66. The van der Waals surface area contributed by atoms with Crippen LogP contribution in [-0.2, 0) is 0 Å². The van der Waals surface area contributed by atoms with Crippen molar-refractivity contribution < 1.29 is 0 Å². The van der Waals surface area contributed by atoms with Crippen molar-refractivity contribution in [3.63, 3.8) is 0 Å². The van der Waals surface area contributed by atoms with Crippen LogP contribution in [0.3, 0.4) is 0 Å². The molecule has 7 heteroatoms. The van der Waals surface area contributed by atoms with Gasteiger partial charge in [-0.15, -0.1) is 33.2 Å². The minimum atomic E-state index is -2.66. The molecule has 0 rings (SSSR count). The van der Waals surface area contributed by atoms with Crippen molar-refractivity contribution in [1.29, 1.82) is 0 Å². The van der Waals surface area contributed by atoms with Gasteiger partial charge in [0.2, 0.25) is 0 Å². The van der Waals surface area contributed by atoms with Gasteiger partial charge in [-0.1, -0.05) is 46.2 Å². The Morgan fingerprint density at radius 3 is 1.25 bits per heavy atom. The van der Waals surface area contributed by atoms with Crippen LogP contribution in [0.5, 0.6) is 0 Å². The Morgan fingerprint density at radius 2 is 1.19 bits per heavy atom. The van der Waals surface area contributed by atoms with Gasteiger partial charge in [0.05, 0.1) is 0 Å². The Balaban J connectivity index is 5.35. The minimum Gasteiger partial charge on any atom is -0.343 e. The van der Waals surface area contributed by atoms with Gasteiger partial charge in [0.1, 0.15) is 16.5 Å². The molecule has 0 fully saturated rings. The van der Waals surface area contributed by atoms with Gasteiger partial charge in [-0.2, -0.15) is 0 Å². The molecule has 0 radical (unpaired) electrons. The Hall–Kier alpha value is 1.48. The van der Waals surface area contributed by atoms with Crippen LogP contribution in [-0.4, -0.2) is 32.4 Å². The molecular weight excluding hydrogens is 313 g/mol. The summed E-state index contributed by atoms with van der Waals surface area (Å²) in [7, 11) is -2.88. The average molecular weight is 337 g/mol. The summed E-state index contributed by atoms with van der Waals surface area (Å²) in [5.74, 6) is 0. The fourth-order valence-corrected chi connectivity index (χ4v) is 20.8. The van der Waals surface area contributed by atoms with E-state index in [-0.39, 0.29) is 5.67 Å². The first-order valence-electron chi connectivity index (χ1n) is 5.68. The molecular formula is C9H24Cl3NSi3. The molecule has 1 unspecified atom stereocenters. The summed E-state index contributed by atoms with van der Waals surface area (Å²) >= 11 is 18.8. The third kappa shape index (κ3) is 5.00. The summed E-state index contributed by atoms with van der Waals surface area (Å²) in [6.07, 6.45) is 0.942. The molecule has 0 aliphatic carbocycles. The third-order valence-electron chi connectivity index (χ3n) is 2.52. The molecule has 0 aliphatic heterocycles. The maximum atomic E-state index is 6.28. The van der Waals surface area contributed by atoms with Gasteiger partial charge in [0.25, 0.3) is 0 Å². The minimum absolute atomic E-state index is 0.177.